The van der Waals surface area contributed by atoms with Crippen molar-refractivity contribution < 1.29 is 14.7 Å². The van der Waals surface area contributed by atoms with Gasteiger partial charge in [0.15, 0.2) is 0 Å². The first kappa shape index (κ1) is 10.7. The van der Waals surface area contributed by atoms with Crippen LogP contribution in [0.15, 0.2) is 35.5 Å². The van der Waals surface area contributed by atoms with E-state index in [9.17, 15) is 4.79 Å². The molecule has 1 unspecified atom stereocenters. The molecule has 4 heteroatoms. The second-order valence-corrected chi connectivity index (χ2v) is 3.78. The number of aryl methyl sites for hydroxylation is 1. The van der Waals surface area contributed by atoms with Crippen molar-refractivity contribution in [2.75, 3.05) is 0 Å². The van der Waals surface area contributed by atoms with Gasteiger partial charge in [-0.05, 0) is 18.4 Å². The molecule has 2 rings (SSSR count). The molecule has 0 aromatic heterocycles. The average molecular weight is 219 g/mol. The van der Waals surface area contributed by atoms with E-state index < -0.39 is 12.1 Å². The van der Waals surface area contributed by atoms with Gasteiger partial charge in [-0.2, -0.15) is 0 Å². The van der Waals surface area contributed by atoms with Crippen LogP contribution in [0.1, 0.15) is 18.4 Å². The second-order valence-electron chi connectivity index (χ2n) is 3.78. The molecule has 0 spiro atoms. The fourth-order valence-corrected chi connectivity index (χ4v) is 1.64. The van der Waals surface area contributed by atoms with Gasteiger partial charge >= 0.3 is 5.97 Å². The number of nitrogens with zero attached hydrogens (tertiary/aromatic N) is 1. The fourth-order valence-electron chi connectivity index (χ4n) is 1.64. The maximum Gasteiger partial charge on any atom is 0.348 e. The molecule has 1 heterocycles. The maximum atomic E-state index is 10.6. The third-order valence-corrected chi connectivity index (χ3v) is 2.55. The number of hydrogen-bond acceptors (Lipinski definition) is 3. The Hall–Kier alpha value is -1.84. The van der Waals surface area contributed by atoms with Gasteiger partial charge in [-0.15, -0.1) is 0 Å². The summed E-state index contributed by atoms with van der Waals surface area (Å²) in [5.41, 5.74) is 2.06. The van der Waals surface area contributed by atoms with Crippen molar-refractivity contribution in [2.24, 2.45) is 5.16 Å². The van der Waals surface area contributed by atoms with E-state index in [1.54, 1.807) is 0 Å². The minimum absolute atomic E-state index is 0.405. The molecule has 16 heavy (non-hydrogen) atoms. The summed E-state index contributed by atoms with van der Waals surface area (Å²) in [7, 11) is 0. The summed E-state index contributed by atoms with van der Waals surface area (Å²) in [5, 5.41) is 12.5. The van der Waals surface area contributed by atoms with Crippen LogP contribution in [0.25, 0.3) is 0 Å². The Kier molecular flexibility index (Phi) is 3.19. The van der Waals surface area contributed by atoms with Crippen LogP contribution in [0.5, 0.6) is 0 Å². The van der Waals surface area contributed by atoms with Gasteiger partial charge in [0, 0.05) is 6.42 Å². The van der Waals surface area contributed by atoms with Gasteiger partial charge in [0.05, 0.1) is 5.71 Å². The molecular formula is C12H13NO3. The minimum atomic E-state index is -0.946. The smallest absolute Gasteiger partial charge is 0.348 e. The highest BCUT2D eigenvalue weighted by molar-refractivity contribution is 5.90. The third-order valence-electron chi connectivity index (χ3n) is 2.55. The summed E-state index contributed by atoms with van der Waals surface area (Å²) in [6, 6.07) is 10.0. The highest BCUT2D eigenvalue weighted by atomic mass is 16.7. The molecule has 1 aromatic carbocycles. The largest absolute Gasteiger partial charge is 0.478 e. The Morgan fingerprint density at radius 2 is 2.12 bits per heavy atom. The van der Waals surface area contributed by atoms with Crippen LogP contribution in [-0.4, -0.2) is 22.9 Å². The first-order valence-corrected chi connectivity index (χ1v) is 5.24. The minimum Gasteiger partial charge on any atom is -0.478 e. The van der Waals surface area contributed by atoms with Crippen molar-refractivity contribution in [1.82, 2.24) is 0 Å². The van der Waals surface area contributed by atoms with Crippen molar-refractivity contribution in [1.29, 1.82) is 0 Å². The summed E-state index contributed by atoms with van der Waals surface area (Å²) < 4.78 is 0. The lowest BCUT2D eigenvalue weighted by Gasteiger charge is -2.00. The SMILES string of the molecule is O=C(O)C1CC(CCc2ccccc2)=NO1. The van der Waals surface area contributed by atoms with Gasteiger partial charge in [0.25, 0.3) is 0 Å². The topological polar surface area (TPSA) is 58.9 Å². The summed E-state index contributed by atoms with van der Waals surface area (Å²) in [6.07, 6.45) is 1.25. The molecule has 1 N–H and O–H groups in total. The zero-order valence-corrected chi connectivity index (χ0v) is 8.80. The molecular weight excluding hydrogens is 206 g/mol. The molecule has 1 atom stereocenters. The molecule has 1 aliphatic rings. The van der Waals surface area contributed by atoms with Crippen LogP contribution < -0.4 is 0 Å². The quantitative estimate of drug-likeness (QED) is 0.840. The van der Waals surface area contributed by atoms with Crippen molar-refractivity contribution in [3.8, 4) is 0 Å². The predicted octanol–water partition coefficient (Wildman–Crippen LogP) is 1.85. The van der Waals surface area contributed by atoms with Gasteiger partial charge in [-0.25, -0.2) is 4.79 Å². The number of benzene rings is 1. The van der Waals surface area contributed by atoms with Crippen molar-refractivity contribution in [3.05, 3.63) is 35.9 Å². The molecule has 0 amide bonds. The van der Waals surface area contributed by atoms with Crippen LogP contribution >= 0.6 is 0 Å². The third kappa shape index (κ3) is 2.59. The van der Waals surface area contributed by atoms with Crippen molar-refractivity contribution >= 4 is 11.7 Å². The molecule has 0 fully saturated rings. The van der Waals surface area contributed by atoms with Crippen molar-refractivity contribution in [2.45, 2.75) is 25.4 Å². The second kappa shape index (κ2) is 4.79. The molecule has 1 aliphatic heterocycles. The monoisotopic (exact) mass is 219 g/mol. The van der Waals surface area contributed by atoms with Gasteiger partial charge in [-0.1, -0.05) is 35.5 Å². The van der Waals surface area contributed by atoms with Gasteiger partial charge in [0.2, 0.25) is 6.10 Å². The van der Waals surface area contributed by atoms with Crippen LogP contribution in [0.3, 0.4) is 0 Å². The number of hydrogen-bond donors (Lipinski definition) is 1. The number of carbonyl (C=O) groups is 1. The lowest BCUT2D eigenvalue weighted by atomic mass is 10.0. The van der Waals surface area contributed by atoms with Crippen LogP contribution in [0.4, 0.5) is 0 Å². The number of rotatable bonds is 4. The predicted molar refractivity (Wildman–Crippen MR) is 59.3 cm³/mol. The van der Waals surface area contributed by atoms with E-state index in [-0.39, 0.29) is 0 Å². The Labute approximate surface area is 93.5 Å². The van der Waals surface area contributed by atoms with E-state index in [2.05, 4.69) is 5.16 Å². The summed E-state index contributed by atoms with van der Waals surface area (Å²) in [5.74, 6) is -0.946. The van der Waals surface area contributed by atoms with E-state index in [0.29, 0.717) is 6.42 Å². The van der Waals surface area contributed by atoms with E-state index in [1.807, 2.05) is 30.3 Å². The van der Waals surface area contributed by atoms with E-state index in [0.717, 1.165) is 18.6 Å². The highest BCUT2D eigenvalue weighted by Gasteiger charge is 2.26. The first-order valence-electron chi connectivity index (χ1n) is 5.24. The Morgan fingerprint density at radius 1 is 1.38 bits per heavy atom. The summed E-state index contributed by atoms with van der Waals surface area (Å²) >= 11 is 0. The summed E-state index contributed by atoms with van der Waals surface area (Å²) in [4.78, 5) is 15.4. The molecule has 0 bridgehead atoms. The molecule has 84 valence electrons. The zero-order chi connectivity index (χ0) is 11.4. The van der Waals surface area contributed by atoms with E-state index >= 15 is 0 Å². The number of oxime groups is 1. The average Bonchev–Trinajstić information content (AvgIpc) is 2.76. The molecule has 0 radical (unpaired) electrons. The van der Waals surface area contributed by atoms with Crippen LogP contribution in [0.2, 0.25) is 0 Å². The van der Waals surface area contributed by atoms with Crippen molar-refractivity contribution in [3.63, 3.8) is 0 Å². The van der Waals surface area contributed by atoms with Crippen LogP contribution in [-0.2, 0) is 16.1 Å². The molecule has 0 aliphatic carbocycles. The zero-order valence-electron chi connectivity index (χ0n) is 8.80. The lowest BCUT2D eigenvalue weighted by Crippen LogP contribution is -2.19. The number of carboxylic acids is 1. The van der Waals surface area contributed by atoms with Gasteiger partial charge in [0.1, 0.15) is 0 Å². The first-order chi connectivity index (χ1) is 7.75. The normalized spacial score (nSPS) is 19.0. The molecule has 1 aromatic rings. The van der Waals surface area contributed by atoms with Gasteiger partial charge < -0.3 is 9.94 Å². The Balaban J connectivity index is 1.82. The number of carboxylic acid groups (broad SMARTS) is 1. The molecule has 4 nitrogen and oxygen atoms in total. The Bertz CT molecular complexity index is 400. The highest BCUT2D eigenvalue weighted by Crippen LogP contribution is 2.14. The Morgan fingerprint density at radius 3 is 2.75 bits per heavy atom. The lowest BCUT2D eigenvalue weighted by molar-refractivity contribution is -0.148. The maximum absolute atomic E-state index is 10.6. The van der Waals surface area contributed by atoms with Gasteiger partial charge in [-0.3, -0.25) is 0 Å². The molecule has 0 saturated heterocycles. The van der Waals surface area contributed by atoms with E-state index in [1.165, 1.54) is 5.56 Å². The van der Waals surface area contributed by atoms with Crippen LogP contribution in [0, 0.1) is 0 Å². The standard InChI is InChI=1S/C12H13NO3/c14-12(15)11-8-10(13-16-11)7-6-9-4-2-1-3-5-9/h1-5,11H,6-8H2,(H,14,15). The fraction of sp³-hybridized carbons (Fsp3) is 0.333. The molecule has 0 saturated carbocycles. The number of aliphatic carboxylic acids is 1. The van der Waals surface area contributed by atoms with E-state index in [4.69, 9.17) is 9.94 Å². The summed E-state index contributed by atoms with van der Waals surface area (Å²) in [6.45, 7) is 0.